The van der Waals surface area contributed by atoms with Crippen molar-refractivity contribution in [2.75, 3.05) is 17.7 Å². The van der Waals surface area contributed by atoms with Crippen LogP contribution in [0.15, 0.2) is 36.4 Å². The van der Waals surface area contributed by atoms with Crippen molar-refractivity contribution in [1.29, 1.82) is 0 Å². The average Bonchev–Trinajstić information content (AvgIpc) is 2.44. The van der Waals surface area contributed by atoms with Crippen LogP contribution in [-0.4, -0.2) is 12.5 Å². The van der Waals surface area contributed by atoms with Gasteiger partial charge in [-0.25, -0.2) is 8.78 Å². The minimum absolute atomic E-state index is 0.0442. The SMILES string of the molecule is Nc1ccc(Cl)c(NC(=O)COc2ccc(F)c(F)c2)c1. The van der Waals surface area contributed by atoms with Gasteiger partial charge in [-0.15, -0.1) is 0 Å². The van der Waals surface area contributed by atoms with Gasteiger partial charge in [-0.05, 0) is 30.3 Å². The van der Waals surface area contributed by atoms with E-state index < -0.39 is 17.5 Å². The van der Waals surface area contributed by atoms with Crippen molar-refractivity contribution in [3.8, 4) is 5.75 Å². The maximum absolute atomic E-state index is 13.0. The molecule has 0 unspecified atom stereocenters. The molecular formula is C14H11ClF2N2O2. The number of hydrogen-bond acceptors (Lipinski definition) is 3. The molecule has 0 saturated heterocycles. The fourth-order valence-corrected chi connectivity index (χ4v) is 1.71. The number of nitrogens with one attached hydrogen (secondary N) is 1. The van der Waals surface area contributed by atoms with E-state index in [1.807, 2.05) is 0 Å². The first-order valence-electron chi connectivity index (χ1n) is 5.88. The summed E-state index contributed by atoms with van der Waals surface area (Å²) in [5.74, 6) is -2.50. The molecule has 0 heterocycles. The van der Waals surface area contributed by atoms with Gasteiger partial charge in [0.05, 0.1) is 10.7 Å². The van der Waals surface area contributed by atoms with Crippen molar-refractivity contribution in [1.82, 2.24) is 0 Å². The molecule has 0 radical (unpaired) electrons. The van der Waals surface area contributed by atoms with Gasteiger partial charge in [0, 0.05) is 11.8 Å². The molecule has 0 fully saturated rings. The van der Waals surface area contributed by atoms with E-state index >= 15 is 0 Å². The summed E-state index contributed by atoms with van der Waals surface area (Å²) in [6.45, 7) is -0.379. The highest BCUT2D eigenvalue weighted by Gasteiger charge is 2.09. The van der Waals surface area contributed by atoms with Crippen LogP contribution in [0, 0.1) is 11.6 Å². The van der Waals surface area contributed by atoms with Gasteiger partial charge in [0.15, 0.2) is 18.2 Å². The minimum atomic E-state index is -1.05. The molecule has 0 spiro atoms. The van der Waals surface area contributed by atoms with E-state index in [0.717, 1.165) is 12.1 Å². The Labute approximate surface area is 124 Å². The monoisotopic (exact) mass is 312 g/mol. The largest absolute Gasteiger partial charge is 0.484 e. The molecule has 1 amide bonds. The highest BCUT2D eigenvalue weighted by molar-refractivity contribution is 6.33. The summed E-state index contributed by atoms with van der Waals surface area (Å²) >= 11 is 5.89. The number of nitrogen functional groups attached to an aromatic ring is 1. The number of halogens is 3. The third kappa shape index (κ3) is 4.06. The topological polar surface area (TPSA) is 64.3 Å². The lowest BCUT2D eigenvalue weighted by molar-refractivity contribution is -0.118. The summed E-state index contributed by atoms with van der Waals surface area (Å²) in [6, 6.07) is 7.63. The number of carbonyl (C=O) groups is 1. The second-order valence-corrected chi connectivity index (χ2v) is 4.56. The van der Waals surface area contributed by atoms with Crippen molar-refractivity contribution in [2.45, 2.75) is 0 Å². The van der Waals surface area contributed by atoms with Gasteiger partial charge in [-0.1, -0.05) is 11.6 Å². The van der Waals surface area contributed by atoms with Gasteiger partial charge < -0.3 is 15.8 Å². The summed E-state index contributed by atoms with van der Waals surface area (Å²) in [4.78, 5) is 11.7. The van der Waals surface area contributed by atoms with Gasteiger partial charge in [0.1, 0.15) is 5.75 Å². The first kappa shape index (κ1) is 15.1. The fourth-order valence-electron chi connectivity index (χ4n) is 1.54. The molecule has 2 rings (SSSR count). The van der Waals surface area contributed by atoms with Gasteiger partial charge >= 0.3 is 0 Å². The molecule has 2 aromatic rings. The summed E-state index contributed by atoms with van der Waals surface area (Å²) in [7, 11) is 0. The van der Waals surface area contributed by atoms with Crippen LogP contribution in [0.1, 0.15) is 0 Å². The molecule has 0 aliphatic rings. The van der Waals surface area contributed by atoms with E-state index in [-0.39, 0.29) is 12.4 Å². The van der Waals surface area contributed by atoms with Crippen LogP contribution in [-0.2, 0) is 4.79 Å². The van der Waals surface area contributed by atoms with Crippen molar-refractivity contribution >= 4 is 28.9 Å². The number of hydrogen-bond donors (Lipinski definition) is 2. The van der Waals surface area contributed by atoms with E-state index in [9.17, 15) is 13.6 Å². The lowest BCUT2D eigenvalue weighted by Crippen LogP contribution is -2.20. The van der Waals surface area contributed by atoms with Gasteiger partial charge in [-0.2, -0.15) is 0 Å². The van der Waals surface area contributed by atoms with E-state index in [2.05, 4.69) is 5.32 Å². The van der Waals surface area contributed by atoms with Gasteiger partial charge in [0.25, 0.3) is 5.91 Å². The summed E-state index contributed by atoms with van der Waals surface area (Å²) in [5, 5.41) is 2.83. The van der Waals surface area contributed by atoms with Gasteiger partial charge in [0.2, 0.25) is 0 Å². The predicted octanol–water partition coefficient (Wildman–Crippen LogP) is 3.22. The average molecular weight is 313 g/mol. The quantitative estimate of drug-likeness (QED) is 0.852. The normalized spacial score (nSPS) is 10.2. The second-order valence-electron chi connectivity index (χ2n) is 4.15. The highest BCUT2D eigenvalue weighted by atomic mass is 35.5. The molecule has 110 valence electrons. The molecule has 21 heavy (non-hydrogen) atoms. The van der Waals surface area contributed by atoms with Crippen LogP contribution in [0.25, 0.3) is 0 Å². The molecule has 0 aliphatic carbocycles. The zero-order valence-electron chi connectivity index (χ0n) is 10.7. The lowest BCUT2D eigenvalue weighted by Gasteiger charge is -2.09. The van der Waals surface area contributed by atoms with Crippen LogP contribution >= 0.6 is 11.6 Å². The summed E-state index contributed by atoms with van der Waals surface area (Å²) in [5.41, 5.74) is 6.36. The van der Waals surface area contributed by atoms with Crippen LogP contribution in [0.5, 0.6) is 5.75 Å². The van der Waals surface area contributed by atoms with E-state index in [0.29, 0.717) is 16.4 Å². The molecule has 0 bridgehead atoms. The Bertz CT molecular complexity index is 680. The van der Waals surface area contributed by atoms with Crippen molar-refractivity contribution in [2.24, 2.45) is 0 Å². The van der Waals surface area contributed by atoms with Crippen molar-refractivity contribution in [3.63, 3.8) is 0 Å². The minimum Gasteiger partial charge on any atom is -0.484 e. The van der Waals surface area contributed by atoms with Crippen LogP contribution in [0.4, 0.5) is 20.2 Å². The Hall–Kier alpha value is -2.34. The van der Waals surface area contributed by atoms with Crippen LogP contribution in [0.2, 0.25) is 5.02 Å². The summed E-state index contributed by atoms with van der Waals surface area (Å²) in [6.07, 6.45) is 0. The first-order valence-corrected chi connectivity index (χ1v) is 6.26. The zero-order chi connectivity index (χ0) is 15.4. The Morgan fingerprint density at radius 2 is 1.95 bits per heavy atom. The van der Waals surface area contributed by atoms with Crippen molar-refractivity contribution < 1.29 is 18.3 Å². The molecule has 3 N–H and O–H groups in total. The highest BCUT2D eigenvalue weighted by Crippen LogP contribution is 2.24. The third-order valence-corrected chi connectivity index (χ3v) is 2.86. The van der Waals surface area contributed by atoms with Crippen LogP contribution < -0.4 is 15.8 Å². The van der Waals surface area contributed by atoms with E-state index in [4.69, 9.17) is 22.1 Å². The predicted molar refractivity (Wildman–Crippen MR) is 76.3 cm³/mol. The second kappa shape index (κ2) is 6.41. The van der Waals surface area contributed by atoms with Crippen molar-refractivity contribution in [3.05, 3.63) is 53.1 Å². The van der Waals surface area contributed by atoms with E-state index in [1.165, 1.54) is 12.1 Å². The maximum Gasteiger partial charge on any atom is 0.262 e. The molecule has 0 aliphatic heterocycles. The Morgan fingerprint density at radius 1 is 1.19 bits per heavy atom. The zero-order valence-corrected chi connectivity index (χ0v) is 11.5. The number of ether oxygens (including phenoxy) is 1. The van der Waals surface area contributed by atoms with Gasteiger partial charge in [-0.3, -0.25) is 4.79 Å². The molecule has 2 aromatic carbocycles. The number of carbonyl (C=O) groups excluding carboxylic acids is 1. The molecule has 0 aromatic heterocycles. The first-order chi connectivity index (χ1) is 9.95. The van der Waals surface area contributed by atoms with Crippen LogP contribution in [0.3, 0.4) is 0 Å². The molecule has 4 nitrogen and oxygen atoms in total. The Morgan fingerprint density at radius 3 is 2.67 bits per heavy atom. The number of nitrogens with two attached hydrogens (primary N) is 1. The van der Waals surface area contributed by atoms with E-state index in [1.54, 1.807) is 12.1 Å². The Balaban J connectivity index is 1.95. The smallest absolute Gasteiger partial charge is 0.262 e. The fraction of sp³-hybridized carbons (Fsp3) is 0.0714. The molecular weight excluding hydrogens is 302 g/mol. The lowest BCUT2D eigenvalue weighted by atomic mass is 10.3. The molecule has 7 heteroatoms. The maximum atomic E-state index is 13.0. The standard InChI is InChI=1S/C14H11ClF2N2O2/c15-10-3-1-8(18)5-13(10)19-14(20)7-21-9-2-4-11(16)12(17)6-9/h1-6H,7,18H2,(H,19,20). The Kier molecular flexibility index (Phi) is 4.59. The number of benzene rings is 2. The number of anilines is 2. The molecule has 0 atom stereocenters. The number of rotatable bonds is 4. The summed E-state index contributed by atoms with van der Waals surface area (Å²) < 4.78 is 30.7. The number of amides is 1. The third-order valence-electron chi connectivity index (χ3n) is 2.53. The molecule has 0 saturated carbocycles.